The van der Waals surface area contributed by atoms with Gasteiger partial charge in [-0.3, -0.25) is 9.88 Å². The molecule has 1 N–H and O–H groups in total. The zero-order chi connectivity index (χ0) is 15.1. The Hall–Kier alpha value is -1.17. The molecular formula is C16H27N3O2. The predicted molar refractivity (Wildman–Crippen MR) is 83.6 cm³/mol. The minimum atomic E-state index is 0.106. The number of hydrogen-bond acceptors (Lipinski definition) is 5. The molecule has 0 amide bonds. The summed E-state index contributed by atoms with van der Waals surface area (Å²) in [6.45, 7) is 12.5. The fraction of sp³-hybridized carbons (Fsp3) is 0.688. The van der Waals surface area contributed by atoms with Gasteiger partial charge in [-0.05, 0) is 32.9 Å². The maximum absolute atomic E-state index is 5.74. The average molecular weight is 293 g/mol. The minimum Gasteiger partial charge on any atom is -0.491 e. The minimum absolute atomic E-state index is 0.106. The van der Waals surface area contributed by atoms with Crippen LogP contribution in [0.5, 0.6) is 5.75 Å². The van der Waals surface area contributed by atoms with Crippen LogP contribution in [0, 0.1) is 0 Å². The van der Waals surface area contributed by atoms with E-state index in [-0.39, 0.29) is 5.54 Å². The Kier molecular flexibility index (Phi) is 5.96. The van der Waals surface area contributed by atoms with Crippen molar-refractivity contribution in [2.75, 3.05) is 39.5 Å². The highest BCUT2D eigenvalue weighted by molar-refractivity contribution is 5.19. The molecule has 0 spiro atoms. The molecule has 0 aromatic carbocycles. The van der Waals surface area contributed by atoms with Crippen LogP contribution in [0.25, 0.3) is 0 Å². The Morgan fingerprint density at radius 3 is 2.67 bits per heavy atom. The van der Waals surface area contributed by atoms with Gasteiger partial charge in [0.05, 0.1) is 25.1 Å². The van der Waals surface area contributed by atoms with Crippen LogP contribution < -0.4 is 10.1 Å². The van der Waals surface area contributed by atoms with E-state index in [1.807, 2.05) is 12.1 Å². The smallest absolute Gasteiger partial charge is 0.137 e. The summed E-state index contributed by atoms with van der Waals surface area (Å²) in [6, 6.07) is 4.01. The van der Waals surface area contributed by atoms with Gasteiger partial charge in [0.25, 0.3) is 0 Å². The van der Waals surface area contributed by atoms with Gasteiger partial charge in [0, 0.05) is 31.7 Å². The van der Waals surface area contributed by atoms with Crippen molar-refractivity contribution in [3.05, 3.63) is 24.0 Å². The first kappa shape index (κ1) is 16.2. The zero-order valence-corrected chi connectivity index (χ0v) is 13.4. The fourth-order valence-electron chi connectivity index (χ4n) is 2.07. The van der Waals surface area contributed by atoms with Crippen LogP contribution in [0.15, 0.2) is 18.3 Å². The highest BCUT2D eigenvalue weighted by Gasteiger charge is 2.10. The van der Waals surface area contributed by atoms with Crippen molar-refractivity contribution < 1.29 is 9.47 Å². The molecule has 1 fully saturated rings. The van der Waals surface area contributed by atoms with Crippen molar-refractivity contribution in [3.63, 3.8) is 0 Å². The Balaban J connectivity index is 1.69. The average Bonchev–Trinajstić information content (AvgIpc) is 2.47. The van der Waals surface area contributed by atoms with Crippen molar-refractivity contribution >= 4 is 0 Å². The molecule has 118 valence electrons. The largest absolute Gasteiger partial charge is 0.491 e. The molecule has 1 aromatic heterocycles. The van der Waals surface area contributed by atoms with E-state index in [0.717, 1.165) is 50.8 Å². The lowest BCUT2D eigenvalue weighted by molar-refractivity contribution is 0.0322. The summed E-state index contributed by atoms with van der Waals surface area (Å²) in [5, 5.41) is 3.42. The van der Waals surface area contributed by atoms with Crippen LogP contribution >= 0.6 is 0 Å². The summed E-state index contributed by atoms with van der Waals surface area (Å²) in [7, 11) is 0. The Labute approximate surface area is 127 Å². The molecule has 0 radical (unpaired) electrons. The summed E-state index contributed by atoms with van der Waals surface area (Å²) in [4.78, 5) is 6.79. The third-order valence-electron chi connectivity index (χ3n) is 3.38. The maximum Gasteiger partial charge on any atom is 0.137 e. The molecule has 1 saturated heterocycles. The van der Waals surface area contributed by atoms with Crippen molar-refractivity contribution in [1.29, 1.82) is 0 Å². The predicted octanol–water partition coefficient (Wildman–Crippen LogP) is 1.68. The molecule has 21 heavy (non-hydrogen) atoms. The standard InChI is InChI=1S/C16H27N3O2/c1-16(2,3)18-12-14-4-5-15(13-17-14)21-11-8-19-6-9-20-10-7-19/h4-5,13,18H,6-12H2,1-3H3. The number of ether oxygens (including phenoxy) is 2. The molecule has 5 heteroatoms. The van der Waals surface area contributed by atoms with Crippen molar-refractivity contribution in [1.82, 2.24) is 15.2 Å². The molecule has 0 saturated carbocycles. The molecule has 1 aliphatic rings. The van der Waals surface area contributed by atoms with Crippen LogP contribution in [-0.2, 0) is 11.3 Å². The molecule has 0 atom stereocenters. The third kappa shape index (κ3) is 6.42. The second kappa shape index (κ2) is 7.73. The topological polar surface area (TPSA) is 46.6 Å². The van der Waals surface area contributed by atoms with E-state index in [4.69, 9.17) is 9.47 Å². The lowest BCUT2D eigenvalue weighted by Crippen LogP contribution is -2.38. The number of aromatic nitrogens is 1. The van der Waals surface area contributed by atoms with Gasteiger partial charge < -0.3 is 14.8 Å². The molecule has 5 nitrogen and oxygen atoms in total. The van der Waals surface area contributed by atoms with E-state index >= 15 is 0 Å². The Bertz CT molecular complexity index is 409. The summed E-state index contributed by atoms with van der Waals surface area (Å²) < 4.78 is 11.1. The molecule has 2 heterocycles. The summed E-state index contributed by atoms with van der Waals surface area (Å²) in [6.07, 6.45) is 1.80. The van der Waals surface area contributed by atoms with Gasteiger partial charge in [-0.15, -0.1) is 0 Å². The lowest BCUT2D eigenvalue weighted by Gasteiger charge is -2.26. The number of nitrogens with zero attached hydrogens (tertiary/aromatic N) is 2. The van der Waals surface area contributed by atoms with E-state index in [1.165, 1.54) is 0 Å². The molecule has 0 aliphatic carbocycles. The van der Waals surface area contributed by atoms with Crippen molar-refractivity contribution in [3.8, 4) is 5.75 Å². The molecule has 1 aliphatic heterocycles. The van der Waals surface area contributed by atoms with Gasteiger partial charge in [0.2, 0.25) is 0 Å². The Morgan fingerprint density at radius 1 is 1.29 bits per heavy atom. The van der Waals surface area contributed by atoms with E-state index in [2.05, 4.69) is 36.0 Å². The van der Waals surface area contributed by atoms with Crippen LogP contribution in [-0.4, -0.2) is 54.9 Å². The third-order valence-corrected chi connectivity index (χ3v) is 3.38. The summed E-state index contributed by atoms with van der Waals surface area (Å²) in [5.41, 5.74) is 1.14. The molecule has 1 aromatic rings. The van der Waals surface area contributed by atoms with E-state index < -0.39 is 0 Å². The number of morpholine rings is 1. The van der Waals surface area contributed by atoms with E-state index in [1.54, 1.807) is 6.20 Å². The van der Waals surface area contributed by atoms with Gasteiger partial charge in [0.1, 0.15) is 12.4 Å². The highest BCUT2D eigenvalue weighted by atomic mass is 16.5. The second-order valence-corrected chi connectivity index (χ2v) is 6.39. The zero-order valence-electron chi connectivity index (χ0n) is 13.4. The summed E-state index contributed by atoms with van der Waals surface area (Å²) >= 11 is 0. The van der Waals surface area contributed by atoms with Crippen LogP contribution in [0.3, 0.4) is 0 Å². The van der Waals surface area contributed by atoms with Crippen LogP contribution in [0.4, 0.5) is 0 Å². The first-order chi connectivity index (χ1) is 10.0. The second-order valence-electron chi connectivity index (χ2n) is 6.39. The first-order valence-corrected chi connectivity index (χ1v) is 7.66. The van der Waals surface area contributed by atoms with E-state index in [9.17, 15) is 0 Å². The highest BCUT2D eigenvalue weighted by Crippen LogP contribution is 2.10. The molecular weight excluding hydrogens is 266 g/mol. The fourth-order valence-corrected chi connectivity index (χ4v) is 2.07. The lowest BCUT2D eigenvalue weighted by atomic mass is 10.1. The molecule has 0 bridgehead atoms. The molecule has 0 unspecified atom stereocenters. The van der Waals surface area contributed by atoms with E-state index in [0.29, 0.717) is 6.61 Å². The van der Waals surface area contributed by atoms with Gasteiger partial charge in [-0.1, -0.05) is 0 Å². The molecule has 2 rings (SSSR count). The van der Waals surface area contributed by atoms with Gasteiger partial charge in [-0.2, -0.15) is 0 Å². The summed E-state index contributed by atoms with van der Waals surface area (Å²) in [5.74, 6) is 0.836. The quantitative estimate of drug-likeness (QED) is 0.864. The maximum atomic E-state index is 5.74. The first-order valence-electron chi connectivity index (χ1n) is 7.66. The Morgan fingerprint density at radius 2 is 2.05 bits per heavy atom. The van der Waals surface area contributed by atoms with Crippen molar-refractivity contribution in [2.45, 2.75) is 32.9 Å². The monoisotopic (exact) mass is 293 g/mol. The number of pyridine rings is 1. The normalized spacial score (nSPS) is 16.9. The number of rotatable bonds is 6. The van der Waals surface area contributed by atoms with Gasteiger partial charge in [-0.25, -0.2) is 0 Å². The van der Waals surface area contributed by atoms with Crippen LogP contribution in [0.1, 0.15) is 26.5 Å². The number of nitrogens with one attached hydrogen (secondary N) is 1. The van der Waals surface area contributed by atoms with Crippen molar-refractivity contribution in [2.24, 2.45) is 0 Å². The number of hydrogen-bond donors (Lipinski definition) is 1. The SMILES string of the molecule is CC(C)(C)NCc1ccc(OCCN2CCOCC2)cn1. The van der Waals surface area contributed by atoms with Gasteiger partial charge in [0.15, 0.2) is 0 Å². The van der Waals surface area contributed by atoms with Gasteiger partial charge >= 0.3 is 0 Å². The van der Waals surface area contributed by atoms with Crippen LogP contribution in [0.2, 0.25) is 0 Å².